The second-order valence-corrected chi connectivity index (χ2v) is 5.69. The Morgan fingerprint density at radius 3 is 2.79 bits per heavy atom. The van der Waals surface area contributed by atoms with Crippen LogP contribution in [0.15, 0.2) is 21.5 Å². The molecule has 0 saturated carbocycles. The molecule has 1 atom stereocenters. The van der Waals surface area contributed by atoms with Crippen LogP contribution in [0.25, 0.3) is 6.08 Å². The van der Waals surface area contributed by atoms with Gasteiger partial charge in [-0.1, -0.05) is 24.0 Å². The fourth-order valence-corrected chi connectivity index (χ4v) is 2.98. The van der Waals surface area contributed by atoms with Gasteiger partial charge in [-0.2, -0.15) is 0 Å². The number of amides is 1. The van der Waals surface area contributed by atoms with Crippen molar-refractivity contribution in [1.29, 1.82) is 0 Å². The predicted molar refractivity (Wildman–Crippen MR) is 75.6 cm³/mol. The summed E-state index contributed by atoms with van der Waals surface area (Å²) in [5.41, 5.74) is 0. The third-order valence-electron chi connectivity index (χ3n) is 2.60. The summed E-state index contributed by atoms with van der Waals surface area (Å²) in [7, 11) is 0. The Kier molecular flexibility index (Phi) is 3.77. The summed E-state index contributed by atoms with van der Waals surface area (Å²) >= 11 is 6.12. The van der Waals surface area contributed by atoms with Gasteiger partial charge in [-0.05, 0) is 26.0 Å². The van der Waals surface area contributed by atoms with E-state index in [4.69, 9.17) is 21.7 Å². The normalized spacial score (nSPS) is 19.3. The number of carboxylic acids is 1. The smallest absolute Gasteiger partial charge is 0.326 e. The molecule has 1 N–H and O–H groups in total. The first kappa shape index (κ1) is 13.8. The summed E-state index contributed by atoms with van der Waals surface area (Å²) in [6, 6.07) is 2.55. The first-order valence-corrected chi connectivity index (χ1v) is 6.69. The van der Waals surface area contributed by atoms with Crippen LogP contribution in [0.4, 0.5) is 0 Å². The van der Waals surface area contributed by atoms with Gasteiger partial charge >= 0.3 is 5.97 Å². The second kappa shape index (κ2) is 5.18. The second-order valence-electron chi connectivity index (χ2n) is 4.01. The van der Waals surface area contributed by atoms with Crippen molar-refractivity contribution in [2.75, 3.05) is 0 Å². The largest absolute Gasteiger partial charge is 0.480 e. The molecule has 1 fully saturated rings. The molecule has 0 bridgehead atoms. The molecule has 0 radical (unpaired) electrons. The average molecular weight is 297 g/mol. The van der Waals surface area contributed by atoms with E-state index in [0.29, 0.717) is 10.7 Å². The number of thiocarbonyl (C=S) groups is 1. The van der Waals surface area contributed by atoms with Gasteiger partial charge in [0.15, 0.2) is 0 Å². The van der Waals surface area contributed by atoms with Gasteiger partial charge in [-0.15, -0.1) is 0 Å². The maximum atomic E-state index is 12.1. The summed E-state index contributed by atoms with van der Waals surface area (Å²) in [6.45, 7) is 3.22. The number of rotatable bonds is 3. The molecule has 1 unspecified atom stereocenters. The minimum atomic E-state index is -1.09. The minimum absolute atomic E-state index is 0.245. The van der Waals surface area contributed by atoms with Crippen molar-refractivity contribution in [2.24, 2.45) is 0 Å². The number of carbonyl (C=O) groups excluding carboxylic acids is 1. The molecule has 1 aromatic heterocycles. The van der Waals surface area contributed by atoms with E-state index in [1.165, 1.54) is 6.92 Å². The van der Waals surface area contributed by atoms with E-state index in [1.54, 1.807) is 25.1 Å². The lowest BCUT2D eigenvalue weighted by Gasteiger charge is -2.18. The third-order valence-corrected chi connectivity index (χ3v) is 3.93. The number of hydrogen-bond acceptors (Lipinski definition) is 5. The van der Waals surface area contributed by atoms with E-state index in [2.05, 4.69) is 0 Å². The van der Waals surface area contributed by atoms with E-state index in [1.807, 2.05) is 0 Å². The summed E-state index contributed by atoms with van der Waals surface area (Å²) in [5, 5.41) is 8.96. The highest BCUT2D eigenvalue weighted by Gasteiger charge is 2.38. The van der Waals surface area contributed by atoms with Gasteiger partial charge in [0.1, 0.15) is 21.9 Å². The minimum Gasteiger partial charge on any atom is -0.480 e. The molecule has 19 heavy (non-hydrogen) atoms. The average Bonchev–Trinajstić information content (AvgIpc) is 2.84. The molecule has 1 aromatic rings. The Morgan fingerprint density at radius 1 is 1.58 bits per heavy atom. The fourth-order valence-electron chi connectivity index (χ4n) is 1.58. The number of aryl methyl sites for hydroxylation is 1. The highest BCUT2D eigenvalue weighted by Crippen LogP contribution is 2.34. The third kappa shape index (κ3) is 2.71. The summed E-state index contributed by atoms with van der Waals surface area (Å²) in [4.78, 5) is 24.5. The van der Waals surface area contributed by atoms with Gasteiger partial charge < -0.3 is 9.52 Å². The number of hydrogen-bond donors (Lipinski definition) is 1. The molecule has 2 heterocycles. The summed E-state index contributed by atoms with van der Waals surface area (Å²) in [6.07, 6.45) is 1.57. The molecule has 1 saturated heterocycles. The Hall–Kier alpha value is -1.60. The number of carbonyl (C=O) groups is 2. The molecule has 0 aromatic carbocycles. The van der Waals surface area contributed by atoms with Gasteiger partial charge in [0.25, 0.3) is 5.91 Å². The van der Waals surface area contributed by atoms with Crippen molar-refractivity contribution in [3.63, 3.8) is 0 Å². The zero-order valence-electron chi connectivity index (χ0n) is 10.2. The standard InChI is InChI=1S/C12H11NO4S2/c1-6-3-4-8(17-6)5-9-10(14)13(12(18)19-9)7(2)11(15)16/h3-5,7H,1-2H3,(H,15,16)/b9-5+. The van der Waals surface area contributed by atoms with Crippen molar-refractivity contribution >= 4 is 46.3 Å². The monoisotopic (exact) mass is 297 g/mol. The highest BCUT2D eigenvalue weighted by atomic mass is 32.2. The molecule has 0 spiro atoms. The van der Waals surface area contributed by atoms with Crippen LogP contribution in [-0.4, -0.2) is 32.2 Å². The van der Waals surface area contributed by atoms with Crippen molar-refractivity contribution in [3.05, 3.63) is 28.6 Å². The molecule has 1 aliphatic heterocycles. The molecule has 7 heteroatoms. The van der Waals surface area contributed by atoms with Gasteiger partial charge in [0.2, 0.25) is 0 Å². The van der Waals surface area contributed by atoms with Crippen LogP contribution in [0.5, 0.6) is 0 Å². The fraction of sp³-hybridized carbons (Fsp3) is 0.250. The van der Waals surface area contributed by atoms with Crippen LogP contribution in [0.1, 0.15) is 18.4 Å². The van der Waals surface area contributed by atoms with Gasteiger partial charge in [-0.3, -0.25) is 9.69 Å². The molecule has 100 valence electrons. The van der Waals surface area contributed by atoms with Crippen LogP contribution >= 0.6 is 24.0 Å². The van der Waals surface area contributed by atoms with Crippen molar-refractivity contribution < 1.29 is 19.1 Å². The van der Waals surface area contributed by atoms with E-state index < -0.39 is 17.9 Å². The molecule has 5 nitrogen and oxygen atoms in total. The van der Waals surface area contributed by atoms with Crippen LogP contribution in [0.2, 0.25) is 0 Å². The molecule has 0 aliphatic carbocycles. The molecule has 1 aliphatic rings. The van der Waals surface area contributed by atoms with E-state index in [-0.39, 0.29) is 4.32 Å². The van der Waals surface area contributed by atoms with Crippen LogP contribution in [0, 0.1) is 6.92 Å². The maximum Gasteiger partial charge on any atom is 0.326 e. The van der Waals surface area contributed by atoms with Crippen LogP contribution < -0.4 is 0 Å². The molecule has 2 rings (SSSR count). The quantitative estimate of drug-likeness (QED) is 0.681. The first-order chi connectivity index (χ1) is 8.90. The van der Waals surface area contributed by atoms with E-state index in [0.717, 1.165) is 22.4 Å². The van der Waals surface area contributed by atoms with E-state index >= 15 is 0 Å². The molecular formula is C12H11NO4S2. The zero-order chi connectivity index (χ0) is 14.2. The predicted octanol–water partition coefficient (Wildman–Crippen LogP) is 2.26. The van der Waals surface area contributed by atoms with Crippen LogP contribution in [0.3, 0.4) is 0 Å². The Labute approximate surface area is 119 Å². The lowest BCUT2D eigenvalue weighted by atomic mass is 10.3. The first-order valence-electron chi connectivity index (χ1n) is 5.46. The number of nitrogens with zero attached hydrogens (tertiary/aromatic N) is 1. The number of carboxylic acid groups (broad SMARTS) is 1. The number of aliphatic carboxylic acids is 1. The molecular weight excluding hydrogens is 286 g/mol. The summed E-state index contributed by atoms with van der Waals surface area (Å²) < 4.78 is 5.60. The molecule has 1 amide bonds. The Balaban J connectivity index is 2.27. The topological polar surface area (TPSA) is 70.8 Å². The van der Waals surface area contributed by atoms with Gasteiger partial charge in [-0.25, -0.2) is 4.79 Å². The highest BCUT2D eigenvalue weighted by molar-refractivity contribution is 8.26. The van der Waals surface area contributed by atoms with Crippen LogP contribution in [-0.2, 0) is 9.59 Å². The van der Waals surface area contributed by atoms with Crippen molar-refractivity contribution in [3.8, 4) is 0 Å². The number of thioether (sulfide) groups is 1. The van der Waals surface area contributed by atoms with Gasteiger partial charge in [0, 0.05) is 6.08 Å². The van der Waals surface area contributed by atoms with Crippen molar-refractivity contribution in [2.45, 2.75) is 19.9 Å². The zero-order valence-corrected chi connectivity index (χ0v) is 11.9. The summed E-state index contributed by atoms with van der Waals surface area (Å²) in [5.74, 6) is -0.216. The lowest BCUT2D eigenvalue weighted by molar-refractivity contribution is -0.144. The SMILES string of the molecule is Cc1ccc(/C=C2/SC(=S)N(C(C)C(=O)O)C2=O)o1. The van der Waals surface area contributed by atoms with E-state index in [9.17, 15) is 9.59 Å². The lowest BCUT2D eigenvalue weighted by Crippen LogP contribution is -2.41. The van der Waals surface area contributed by atoms with Crippen molar-refractivity contribution in [1.82, 2.24) is 4.90 Å². The maximum absolute atomic E-state index is 12.1. The Bertz CT molecular complexity index is 590. The Morgan fingerprint density at radius 2 is 2.26 bits per heavy atom. The van der Waals surface area contributed by atoms with Gasteiger partial charge in [0.05, 0.1) is 4.91 Å². The number of furan rings is 1.